The van der Waals surface area contributed by atoms with Crippen molar-refractivity contribution in [2.45, 2.75) is 19.1 Å². The van der Waals surface area contributed by atoms with Gasteiger partial charge < -0.3 is 25.2 Å². The Labute approximate surface area is 223 Å². The second-order valence-electron chi connectivity index (χ2n) is 8.64. The van der Waals surface area contributed by atoms with Gasteiger partial charge in [0.1, 0.15) is 27.4 Å². The van der Waals surface area contributed by atoms with Crippen molar-refractivity contribution in [2.75, 3.05) is 52.5 Å². The van der Waals surface area contributed by atoms with E-state index in [1.54, 1.807) is 22.6 Å². The molecule has 0 spiro atoms. The molecule has 2 amide bonds. The van der Waals surface area contributed by atoms with Crippen LogP contribution < -0.4 is 5.32 Å². The van der Waals surface area contributed by atoms with E-state index < -0.39 is 18.1 Å². The SMILES string of the molecule is C[C@H](O)[C@H](NC(=O)c1csc(-c2ccccc2)n1)c1nc(C(=O)N2CCN(CCOCCO)CC2)cs1. The Morgan fingerprint density at radius 3 is 2.49 bits per heavy atom. The van der Waals surface area contributed by atoms with Gasteiger partial charge in [-0.25, -0.2) is 9.97 Å². The lowest BCUT2D eigenvalue weighted by atomic mass is 10.2. The molecular formula is C25H31N5O5S2. The van der Waals surface area contributed by atoms with Crippen molar-refractivity contribution in [3.05, 3.63) is 57.5 Å². The van der Waals surface area contributed by atoms with E-state index in [0.717, 1.165) is 30.2 Å². The largest absolute Gasteiger partial charge is 0.394 e. The first-order chi connectivity index (χ1) is 18.0. The minimum atomic E-state index is -0.915. The van der Waals surface area contributed by atoms with E-state index in [1.807, 2.05) is 30.3 Å². The van der Waals surface area contributed by atoms with Gasteiger partial charge in [0.25, 0.3) is 11.8 Å². The summed E-state index contributed by atoms with van der Waals surface area (Å²) in [5, 5.41) is 26.5. The number of ether oxygens (including phenoxy) is 1. The first-order valence-corrected chi connectivity index (χ1v) is 13.9. The summed E-state index contributed by atoms with van der Waals surface area (Å²) < 4.78 is 5.32. The molecule has 1 fully saturated rings. The summed E-state index contributed by atoms with van der Waals surface area (Å²) in [6, 6.07) is 8.84. The molecule has 1 aliphatic heterocycles. The first-order valence-electron chi connectivity index (χ1n) is 12.1. The highest BCUT2D eigenvalue weighted by Crippen LogP contribution is 2.26. The number of hydrogen-bond acceptors (Lipinski definition) is 10. The minimum Gasteiger partial charge on any atom is -0.394 e. The third-order valence-electron chi connectivity index (χ3n) is 5.98. The average molecular weight is 546 g/mol. The molecule has 1 aromatic carbocycles. The molecule has 3 aromatic rings. The van der Waals surface area contributed by atoms with Gasteiger partial charge >= 0.3 is 0 Å². The lowest BCUT2D eigenvalue weighted by Crippen LogP contribution is -2.49. The molecule has 0 radical (unpaired) electrons. The molecule has 2 aromatic heterocycles. The smallest absolute Gasteiger partial charge is 0.273 e. The minimum absolute atomic E-state index is 0.0115. The Kier molecular flexibility index (Phi) is 9.72. The van der Waals surface area contributed by atoms with Gasteiger partial charge in [0.2, 0.25) is 0 Å². The van der Waals surface area contributed by atoms with Gasteiger partial charge in [-0.3, -0.25) is 14.5 Å². The van der Waals surface area contributed by atoms with E-state index in [2.05, 4.69) is 20.2 Å². The molecule has 0 aliphatic carbocycles. The molecule has 3 heterocycles. The molecule has 0 bridgehead atoms. The molecule has 4 rings (SSSR count). The summed E-state index contributed by atoms with van der Waals surface area (Å²) in [5.74, 6) is -0.576. The van der Waals surface area contributed by atoms with Crippen LogP contribution in [0.25, 0.3) is 10.6 Å². The van der Waals surface area contributed by atoms with Gasteiger partial charge in [0, 0.05) is 49.0 Å². The predicted molar refractivity (Wildman–Crippen MR) is 142 cm³/mol. The van der Waals surface area contributed by atoms with E-state index in [-0.39, 0.29) is 18.2 Å². The van der Waals surface area contributed by atoms with Crippen LogP contribution >= 0.6 is 22.7 Å². The number of carbonyl (C=O) groups excluding carboxylic acids is 2. The molecule has 37 heavy (non-hydrogen) atoms. The van der Waals surface area contributed by atoms with Crippen LogP contribution in [-0.2, 0) is 4.74 Å². The van der Waals surface area contributed by atoms with Crippen LogP contribution in [-0.4, -0.2) is 100 Å². The van der Waals surface area contributed by atoms with E-state index in [1.165, 1.54) is 22.7 Å². The standard InChI is InChI=1S/C25H31N5O5S2/c1-17(32)21(28-22(33)19-15-36-23(26-19)18-5-3-2-4-6-18)24-27-20(16-37-24)25(34)30-9-7-29(8-10-30)11-13-35-14-12-31/h2-6,15-17,21,31-32H,7-14H2,1H3,(H,28,33)/t17-,21-/m0/s1. The number of piperazine rings is 1. The molecule has 12 heteroatoms. The number of carbonyl (C=O) groups is 2. The quantitative estimate of drug-likeness (QED) is 0.312. The van der Waals surface area contributed by atoms with Crippen LogP contribution in [0.15, 0.2) is 41.1 Å². The Hall–Kier alpha value is -2.74. The van der Waals surface area contributed by atoms with Gasteiger partial charge in [-0.1, -0.05) is 30.3 Å². The Bertz CT molecular complexity index is 1160. The van der Waals surface area contributed by atoms with Crippen LogP contribution in [0.2, 0.25) is 0 Å². The number of aliphatic hydroxyl groups is 2. The summed E-state index contributed by atoms with van der Waals surface area (Å²) in [5.41, 5.74) is 1.50. The Morgan fingerprint density at radius 1 is 1.05 bits per heavy atom. The molecule has 0 saturated carbocycles. The third kappa shape index (κ3) is 7.18. The zero-order valence-corrected chi connectivity index (χ0v) is 22.2. The Morgan fingerprint density at radius 2 is 1.78 bits per heavy atom. The lowest BCUT2D eigenvalue weighted by Gasteiger charge is -2.34. The number of aliphatic hydroxyl groups excluding tert-OH is 2. The Balaban J connectivity index is 1.35. The molecule has 0 unspecified atom stereocenters. The van der Waals surface area contributed by atoms with Crippen LogP contribution in [0, 0.1) is 0 Å². The molecule has 1 aliphatic rings. The van der Waals surface area contributed by atoms with Crippen LogP contribution in [0.4, 0.5) is 0 Å². The van der Waals surface area contributed by atoms with Crippen molar-refractivity contribution in [3.63, 3.8) is 0 Å². The number of nitrogens with zero attached hydrogens (tertiary/aromatic N) is 4. The van der Waals surface area contributed by atoms with Crippen molar-refractivity contribution in [1.82, 2.24) is 25.1 Å². The lowest BCUT2D eigenvalue weighted by molar-refractivity contribution is 0.0483. The second kappa shape index (κ2) is 13.2. The fourth-order valence-electron chi connectivity index (χ4n) is 3.92. The molecule has 1 saturated heterocycles. The number of nitrogens with one attached hydrogen (secondary N) is 1. The van der Waals surface area contributed by atoms with Crippen LogP contribution in [0.3, 0.4) is 0 Å². The number of aromatic nitrogens is 2. The predicted octanol–water partition coefficient (Wildman–Crippen LogP) is 1.89. The van der Waals surface area contributed by atoms with Crippen molar-refractivity contribution in [3.8, 4) is 10.6 Å². The van der Waals surface area contributed by atoms with E-state index in [4.69, 9.17) is 9.84 Å². The molecule has 198 valence electrons. The highest BCUT2D eigenvalue weighted by molar-refractivity contribution is 7.13. The number of hydrogen-bond donors (Lipinski definition) is 3. The highest BCUT2D eigenvalue weighted by Gasteiger charge is 2.28. The van der Waals surface area contributed by atoms with Gasteiger partial charge in [-0.15, -0.1) is 22.7 Å². The van der Waals surface area contributed by atoms with Gasteiger partial charge in [-0.2, -0.15) is 0 Å². The zero-order valence-electron chi connectivity index (χ0n) is 20.6. The fourth-order valence-corrected chi connectivity index (χ4v) is 5.67. The summed E-state index contributed by atoms with van der Waals surface area (Å²) in [6.45, 7) is 5.84. The summed E-state index contributed by atoms with van der Waals surface area (Å²) in [6.07, 6.45) is -0.915. The number of amides is 2. The summed E-state index contributed by atoms with van der Waals surface area (Å²) in [4.78, 5) is 38.8. The molecule has 2 atom stereocenters. The van der Waals surface area contributed by atoms with Gasteiger partial charge in [0.15, 0.2) is 0 Å². The maximum atomic E-state index is 13.0. The number of thiazole rings is 2. The zero-order chi connectivity index (χ0) is 26.2. The van der Waals surface area contributed by atoms with E-state index in [0.29, 0.717) is 37.0 Å². The normalized spacial score (nSPS) is 15.9. The van der Waals surface area contributed by atoms with Crippen molar-refractivity contribution < 1.29 is 24.5 Å². The summed E-state index contributed by atoms with van der Waals surface area (Å²) >= 11 is 2.61. The van der Waals surface area contributed by atoms with Gasteiger partial charge in [0.05, 0.1) is 25.9 Å². The monoisotopic (exact) mass is 545 g/mol. The fraction of sp³-hybridized carbons (Fsp3) is 0.440. The maximum Gasteiger partial charge on any atom is 0.273 e. The molecule has 10 nitrogen and oxygen atoms in total. The topological polar surface area (TPSA) is 128 Å². The van der Waals surface area contributed by atoms with Crippen LogP contribution in [0.5, 0.6) is 0 Å². The van der Waals surface area contributed by atoms with Gasteiger partial charge in [-0.05, 0) is 6.92 Å². The van der Waals surface area contributed by atoms with Crippen molar-refractivity contribution in [2.24, 2.45) is 0 Å². The second-order valence-corrected chi connectivity index (χ2v) is 10.4. The summed E-state index contributed by atoms with van der Waals surface area (Å²) in [7, 11) is 0. The van der Waals surface area contributed by atoms with Crippen molar-refractivity contribution >= 4 is 34.5 Å². The van der Waals surface area contributed by atoms with E-state index >= 15 is 0 Å². The maximum absolute atomic E-state index is 13.0. The van der Waals surface area contributed by atoms with Crippen molar-refractivity contribution in [1.29, 1.82) is 0 Å². The molecular weight excluding hydrogens is 514 g/mol. The van der Waals surface area contributed by atoms with Crippen LogP contribution in [0.1, 0.15) is 39.0 Å². The average Bonchev–Trinajstić information content (AvgIpc) is 3.61. The highest BCUT2D eigenvalue weighted by atomic mass is 32.1. The first kappa shape index (κ1) is 27.3. The molecule has 3 N–H and O–H groups in total. The van der Waals surface area contributed by atoms with E-state index in [9.17, 15) is 14.7 Å². The third-order valence-corrected chi connectivity index (χ3v) is 7.80. The number of rotatable bonds is 11. The number of benzene rings is 1.